The quantitative estimate of drug-likeness (QED) is 0.0222. The van der Waals surface area contributed by atoms with Crippen molar-refractivity contribution < 1.29 is 80.2 Å². The SMILES string of the molecule is CCCCCCCCCCCCCCCCCCCCCC(=O)O[C@H](COC(=O)CCCCCCCCCCCCCCCCC(C)C)COP(=O)(O)OC[C@@H](O)COP(=O)(O)OC[C@@H](COC(=O)CCCCCCCCCCC)OC(=O)CCCCCCCCCCCC(C)C. The summed E-state index contributed by atoms with van der Waals surface area (Å²) in [5.74, 6) is -0.579. The van der Waals surface area contributed by atoms with E-state index in [1.807, 2.05) is 0 Å². The number of aliphatic hydroxyl groups is 1. The van der Waals surface area contributed by atoms with Crippen molar-refractivity contribution in [2.45, 2.75) is 426 Å². The molecule has 3 N–H and O–H groups in total. The molecule has 0 bridgehead atoms. The van der Waals surface area contributed by atoms with Gasteiger partial charge in [-0.2, -0.15) is 0 Å². The molecular weight excluding hydrogens is 1270 g/mol. The van der Waals surface area contributed by atoms with E-state index in [0.29, 0.717) is 25.7 Å². The molecule has 0 spiro atoms. The summed E-state index contributed by atoms with van der Waals surface area (Å²) in [6.45, 7) is 9.60. The zero-order chi connectivity index (χ0) is 71.4. The lowest BCUT2D eigenvalue weighted by Gasteiger charge is -2.21. The molecule has 5 atom stereocenters. The van der Waals surface area contributed by atoms with E-state index in [4.69, 9.17) is 37.0 Å². The molecular formula is C78H152O17P2. The number of hydrogen-bond acceptors (Lipinski definition) is 15. The Kier molecular flexibility index (Phi) is 68.4. The highest BCUT2D eigenvalue weighted by Gasteiger charge is 2.30. The van der Waals surface area contributed by atoms with Gasteiger partial charge < -0.3 is 33.8 Å². The second-order valence-electron chi connectivity index (χ2n) is 29.1. The highest BCUT2D eigenvalue weighted by Crippen LogP contribution is 2.45. The van der Waals surface area contributed by atoms with Gasteiger partial charge in [0.15, 0.2) is 12.2 Å². The topological polar surface area (TPSA) is 237 Å². The van der Waals surface area contributed by atoms with Crippen LogP contribution in [0.4, 0.5) is 0 Å². The molecule has 0 rings (SSSR count). The van der Waals surface area contributed by atoms with Gasteiger partial charge in [0, 0.05) is 25.7 Å². The Bertz CT molecular complexity index is 1870. The van der Waals surface area contributed by atoms with Crippen molar-refractivity contribution in [2.75, 3.05) is 39.6 Å². The lowest BCUT2D eigenvalue weighted by atomic mass is 10.0. The predicted molar refractivity (Wildman–Crippen MR) is 395 cm³/mol. The molecule has 0 saturated heterocycles. The highest BCUT2D eigenvalue weighted by atomic mass is 31.2. The average Bonchev–Trinajstić information content (AvgIpc) is 1.27. The van der Waals surface area contributed by atoms with E-state index in [1.165, 1.54) is 225 Å². The van der Waals surface area contributed by atoms with E-state index in [2.05, 4.69) is 41.5 Å². The monoisotopic (exact) mass is 1420 g/mol. The molecule has 0 heterocycles. The van der Waals surface area contributed by atoms with Crippen LogP contribution in [0.1, 0.15) is 408 Å². The van der Waals surface area contributed by atoms with Crippen LogP contribution in [0, 0.1) is 11.8 Å². The van der Waals surface area contributed by atoms with Crippen molar-refractivity contribution in [2.24, 2.45) is 11.8 Å². The first kappa shape index (κ1) is 95.1. The van der Waals surface area contributed by atoms with Crippen molar-refractivity contribution >= 4 is 39.5 Å². The molecule has 19 heteroatoms. The number of carbonyl (C=O) groups excluding carboxylic acids is 4. The number of esters is 4. The molecule has 0 fully saturated rings. The van der Waals surface area contributed by atoms with E-state index in [9.17, 15) is 43.2 Å². The molecule has 2 unspecified atom stereocenters. The van der Waals surface area contributed by atoms with Crippen LogP contribution in [0.25, 0.3) is 0 Å². The third-order valence-electron chi connectivity index (χ3n) is 18.2. The summed E-state index contributed by atoms with van der Waals surface area (Å²) in [6, 6.07) is 0. The fourth-order valence-electron chi connectivity index (χ4n) is 12.0. The number of phosphoric ester groups is 2. The largest absolute Gasteiger partial charge is 0.472 e. The maximum absolute atomic E-state index is 13.1. The van der Waals surface area contributed by atoms with Gasteiger partial charge in [0.2, 0.25) is 0 Å². The molecule has 0 radical (unpaired) electrons. The molecule has 0 aliphatic carbocycles. The third kappa shape index (κ3) is 72.2. The summed E-state index contributed by atoms with van der Waals surface area (Å²) < 4.78 is 68.6. The van der Waals surface area contributed by atoms with E-state index in [1.54, 1.807) is 0 Å². The first-order chi connectivity index (χ1) is 46.9. The van der Waals surface area contributed by atoms with Crippen LogP contribution in [0.3, 0.4) is 0 Å². The summed E-state index contributed by atoms with van der Waals surface area (Å²) in [5.41, 5.74) is 0. The number of aliphatic hydroxyl groups excluding tert-OH is 1. The van der Waals surface area contributed by atoms with Gasteiger partial charge in [-0.15, -0.1) is 0 Å². The Morgan fingerprint density at radius 3 is 0.701 bits per heavy atom. The standard InChI is InChI=1S/C78H152O17P2/c1-7-9-11-13-15-17-18-19-20-21-22-23-24-29-32-38-44-50-56-62-77(82)94-74(67-89-76(81)61-55-49-43-37-31-28-26-25-27-30-35-40-46-52-58-70(3)4)69-93-97(86,87)91-65-72(79)64-90-96(84,85)92-68-73(66-88-75(80)60-54-48-42-34-16-14-12-10-8-2)95-78(83)63-57-51-45-39-33-36-41-47-53-59-71(5)6/h70-74,79H,7-69H2,1-6H3,(H,84,85)(H,86,87)/t72-,73+,74+/m0/s1. The maximum Gasteiger partial charge on any atom is 0.472 e. The van der Waals surface area contributed by atoms with Crippen LogP contribution < -0.4 is 0 Å². The Hall–Kier alpha value is -1.94. The third-order valence-corrected chi connectivity index (χ3v) is 20.1. The molecule has 0 aromatic carbocycles. The first-order valence-corrected chi connectivity index (χ1v) is 43.5. The Morgan fingerprint density at radius 1 is 0.278 bits per heavy atom. The summed E-state index contributed by atoms with van der Waals surface area (Å²) in [7, 11) is -9.91. The van der Waals surface area contributed by atoms with E-state index < -0.39 is 97.5 Å². The Labute approximate surface area is 594 Å². The van der Waals surface area contributed by atoms with Gasteiger partial charge >= 0.3 is 39.5 Å². The number of phosphoric acid groups is 2. The fourth-order valence-corrected chi connectivity index (χ4v) is 13.6. The van der Waals surface area contributed by atoms with Crippen LogP contribution in [-0.2, 0) is 65.4 Å². The second kappa shape index (κ2) is 69.8. The first-order valence-electron chi connectivity index (χ1n) is 40.5. The van der Waals surface area contributed by atoms with Crippen molar-refractivity contribution in [3.8, 4) is 0 Å². The molecule has 0 aromatic rings. The number of hydrogen-bond donors (Lipinski definition) is 3. The van der Waals surface area contributed by atoms with Crippen molar-refractivity contribution in [3.63, 3.8) is 0 Å². The fraction of sp³-hybridized carbons (Fsp3) is 0.949. The molecule has 0 aliphatic heterocycles. The second-order valence-corrected chi connectivity index (χ2v) is 32.0. The number of unbranched alkanes of at least 4 members (excludes halogenated alkanes) is 47. The highest BCUT2D eigenvalue weighted by molar-refractivity contribution is 7.47. The van der Waals surface area contributed by atoms with Gasteiger partial charge in [0.25, 0.3) is 0 Å². The van der Waals surface area contributed by atoms with E-state index in [-0.39, 0.29) is 25.7 Å². The average molecular weight is 1420 g/mol. The van der Waals surface area contributed by atoms with Crippen molar-refractivity contribution in [1.29, 1.82) is 0 Å². The van der Waals surface area contributed by atoms with Gasteiger partial charge in [0.05, 0.1) is 26.4 Å². The van der Waals surface area contributed by atoms with Gasteiger partial charge in [0.1, 0.15) is 19.3 Å². The predicted octanol–water partition coefficient (Wildman–Crippen LogP) is 23.1. The van der Waals surface area contributed by atoms with Crippen LogP contribution in [-0.4, -0.2) is 96.7 Å². The van der Waals surface area contributed by atoms with Crippen molar-refractivity contribution in [3.05, 3.63) is 0 Å². The molecule has 97 heavy (non-hydrogen) atoms. The Morgan fingerprint density at radius 2 is 0.474 bits per heavy atom. The summed E-state index contributed by atoms with van der Waals surface area (Å²) in [6.07, 6.45) is 58.3. The normalized spacial score (nSPS) is 14.0. The number of ether oxygens (including phenoxy) is 4. The molecule has 0 aromatic heterocycles. The molecule has 576 valence electrons. The summed E-state index contributed by atoms with van der Waals surface area (Å²) in [5, 5.41) is 10.6. The summed E-state index contributed by atoms with van der Waals surface area (Å²) >= 11 is 0. The molecule has 0 aliphatic rings. The molecule has 17 nitrogen and oxygen atoms in total. The van der Waals surface area contributed by atoms with E-state index in [0.717, 1.165) is 102 Å². The van der Waals surface area contributed by atoms with Crippen molar-refractivity contribution in [1.82, 2.24) is 0 Å². The zero-order valence-corrected chi connectivity index (χ0v) is 65.2. The molecule has 0 amide bonds. The maximum atomic E-state index is 13.1. The Balaban J connectivity index is 5.22. The lowest BCUT2D eigenvalue weighted by Crippen LogP contribution is -2.30. The lowest BCUT2D eigenvalue weighted by molar-refractivity contribution is -0.161. The number of rotatable bonds is 77. The van der Waals surface area contributed by atoms with Crippen LogP contribution in [0.2, 0.25) is 0 Å². The summed E-state index contributed by atoms with van der Waals surface area (Å²) in [4.78, 5) is 72.8. The number of carbonyl (C=O) groups is 4. The smallest absolute Gasteiger partial charge is 0.462 e. The van der Waals surface area contributed by atoms with Crippen LogP contribution in [0.15, 0.2) is 0 Å². The minimum Gasteiger partial charge on any atom is -0.462 e. The van der Waals surface area contributed by atoms with E-state index >= 15 is 0 Å². The minimum atomic E-state index is -4.96. The molecule has 0 saturated carbocycles. The minimum absolute atomic E-state index is 0.105. The van der Waals surface area contributed by atoms with Gasteiger partial charge in [-0.05, 0) is 37.5 Å². The van der Waals surface area contributed by atoms with Gasteiger partial charge in [-0.25, -0.2) is 9.13 Å². The zero-order valence-electron chi connectivity index (χ0n) is 63.4. The van der Waals surface area contributed by atoms with Crippen LogP contribution in [0.5, 0.6) is 0 Å². The van der Waals surface area contributed by atoms with Gasteiger partial charge in [-0.1, -0.05) is 356 Å². The van der Waals surface area contributed by atoms with Crippen LogP contribution >= 0.6 is 15.6 Å². The van der Waals surface area contributed by atoms with Gasteiger partial charge in [-0.3, -0.25) is 37.3 Å².